The third kappa shape index (κ3) is 2.30. The van der Waals surface area contributed by atoms with E-state index in [1.165, 1.54) is 25.9 Å². The SMILES string of the molecule is CCCN1CCc2cccc(C(C)C)c2C1. The van der Waals surface area contributed by atoms with Gasteiger partial charge in [0, 0.05) is 13.1 Å². The Hall–Kier alpha value is -0.820. The summed E-state index contributed by atoms with van der Waals surface area (Å²) in [5.74, 6) is 0.650. The molecule has 0 unspecified atom stereocenters. The highest BCUT2D eigenvalue weighted by atomic mass is 15.1. The zero-order valence-electron chi connectivity index (χ0n) is 10.8. The van der Waals surface area contributed by atoms with E-state index in [2.05, 4.69) is 43.9 Å². The zero-order chi connectivity index (χ0) is 11.5. The monoisotopic (exact) mass is 217 g/mol. The van der Waals surface area contributed by atoms with Gasteiger partial charge in [0.25, 0.3) is 0 Å². The molecule has 0 aromatic heterocycles. The van der Waals surface area contributed by atoms with Crippen LogP contribution in [-0.4, -0.2) is 18.0 Å². The Bertz CT molecular complexity index is 354. The number of rotatable bonds is 3. The first-order valence-electron chi connectivity index (χ1n) is 6.55. The summed E-state index contributed by atoms with van der Waals surface area (Å²) < 4.78 is 0. The van der Waals surface area contributed by atoms with Crippen molar-refractivity contribution in [3.8, 4) is 0 Å². The lowest BCUT2D eigenvalue weighted by Gasteiger charge is -2.30. The Morgan fingerprint density at radius 2 is 2.12 bits per heavy atom. The standard InChI is InChI=1S/C15H23N/c1-4-9-16-10-8-13-6-5-7-14(12(2)3)15(13)11-16/h5-7,12H,4,8-11H2,1-3H3. The van der Waals surface area contributed by atoms with Crippen LogP contribution in [0.2, 0.25) is 0 Å². The maximum atomic E-state index is 2.59. The van der Waals surface area contributed by atoms with Gasteiger partial charge in [0.2, 0.25) is 0 Å². The van der Waals surface area contributed by atoms with Gasteiger partial charge in [-0.25, -0.2) is 0 Å². The largest absolute Gasteiger partial charge is 0.299 e. The van der Waals surface area contributed by atoms with Gasteiger partial charge in [-0.15, -0.1) is 0 Å². The van der Waals surface area contributed by atoms with Gasteiger partial charge < -0.3 is 0 Å². The maximum absolute atomic E-state index is 2.59. The third-order valence-electron chi connectivity index (χ3n) is 3.55. The minimum atomic E-state index is 0.650. The third-order valence-corrected chi connectivity index (χ3v) is 3.55. The molecule has 1 heterocycles. The van der Waals surface area contributed by atoms with Crippen LogP contribution in [0.3, 0.4) is 0 Å². The van der Waals surface area contributed by atoms with Gasteiger partial charge in [-0.05, 0) is 42.0 Å². The summed E-state index contributed by atoms with van der Waals surface area (Å²) >= 11 is 0. The molecule has 1 nitrogen and oxygen atoms in total. The van der Waals surface area contributed by atoms with Crippen LogP contribution >= 0.6 is 0 Å². The molecule has 0 atom stereocenters. The topological polar surface area (TPSA) is 3.24 Å². The van der Waals surface area contributed by atoms with Gasteiger partial charge in [-0.1, -0.05) is 39.0 Å². The van der Waals surface area contributed by atoms with Gasteiger partial charge in [-0.2, -0.15) is 0 Å². The zero-order valence-corrected chi connectivity index (χ0v) is 10.8. The number of hydrogen-bond donors (Lipinski definition) is 0. The smallest absolute Gasteiger partial charge is 0.0239 e. The first-order valence-corrected chi connectivity index (χ1v) is 6.55. The van der Waals surface area contributed by atoms with Crippen molar-refractivity contribution in [3.63, 3.8) is 0 Å². The molecule has 0 fully saturated rings. The summed E-state index contributed by atoms with van der Waals surface area (Å²) in [6.07, 6.45) is 2.50. The molecule has 1 aliphatic heterocycles. The van der Waals surface area contributed by atoms with Crippen LogP contribution in [0, 0.1) is 0 Å². The first kappa shape index (κ1) is 11.7. The molecule has 16 heavy (non-hydrogen) atoms. The second-order valence-electron chi connectivity index (χ2n) is 5.17. The van der Waals surface area contributed by atoms with Gasteiger partial charge in [0.15, 0.2) is 0 Å². The van der Waals surface area contributed by atoms with Gasteiger partial charge in [0.1, 0.15) is 0 Å². The predicted octanol–water partition coefficient (Wildman–Crippen LogP) is 3.58. The van der Waals surface area contributed by atoms with Crippen LogP contribution in [0.15, 0.2) is 18.2 Å². The molecule has 0 saturated carbocycles. The Labute approximate surface area is 99.5 Å². The van der Waals surface area contributed by atoms with Crippen molar-refractivity contribution in [2.24, 2.45) is 0 Å². The molecule has 1 aromatic carbocycles. The number of fused-ring (bicyclic) bond motifs is 1. The van der Waals surface area contributed by atoms with Crippen molar-refractivity contribution < 1.29 is 0 Å². The lowest BCUT2D eigenvalue weighted by molar-refractivity contribution is 0.253. The van der Waals surface area contributed by atoms with E-state index < -0.39 is 0 Å². The number of benzene rings is 1. The van der Waals surface area contributed by atoms with Crippen LogP contribution < -0.4 is 0 Å². The van der Waals surface area contributed by atoms with E-state index in [9.17, 15) is 0 Å². The molecule has 1 heteroatoms. The highest BCUT2D eigenvalue weighted by Gasteiger charge is 2.18. The quantitative estimate of drug-likeness (QED) is 0.748. The molecule has 1 aliphatic rings. The highest BCUT2D eigenvalue weighted by Crippen LogP contribution is 2.27. The molecular formula is C15H23N. The lowest BCUT2D eigenvalue weighted by atomic mass is 9.89. The fraction of sp³-hybridized carbons (Fsp3) is 0.600. The summed E-state index contributed by atoms with van der Waals surface area (Å²) in [7, 11) is 0. The highest BCUT2D eigenvalue weighted by molar-refractivity contribution is 5.38. The lowest BCUT2D eigenvalue weighted by Crippen LogP contribution is -2.31. The minimum absolute atomic E-state index is 0.650. The fourth-order valence-electron chi connectivity index (χ4n) is 2.71. The molecule has 2 rings (SSSR count). The van der Waals surface area contributed by atoms with Crippen LogP contribution in [0.1, 0.15) is 49.8 Å². The minimum Gasteiger partial charge on any atom is -0.299 e. The van der Waals surface area contributed by atoms with E-state index in [1.54, 1.807) is 16.7 Å². The van der Waals surface area contributed by atoms with Gasteiger partial charge >= 0.3 is 0 Å². The molecule has 0 spiro atoms. The van der Waals surface area contributed by atoms with Crippen molar-refractivity contribution in [3.05, 3.63) is 34.9 Å². The van der Waals surface area contributed by atoms with Crippen molar-refractivity contribution in [1.29, 1.82) is 0 Å². The fourth-order valence-corrected chi connectivity index (χ4v) is 2.71. The number of nitrogens with zero attached hydrogens (tertiary/aromatic N) is 1. The van der Waals surface area contributed by atoms with Crippen molar-refractivity contribution in [2.75, 3.05) is 13.1 Å². The van der Waals surface area contributed by atoms with Crippen LogP contribution in [0.5, 0.6) is 0 Å². The molecule has 1 aromatic rings. The Balaban J connectivity index is 2.27. The summed E-state index contributed by atoms with van der Waals surface area (Å²) in [6.45, 7) is 10.5. The molecule has 0 N–H and O–H groups in total. The van der Waals surface area contributed by atoms with E-state index in [-0.39, 0.29) is 0 Å². The average Bonchev–Trinajstić information content (AvgIpc) is 2.28. The Morgan fingerprint density at radius 3 is 2.81 bits per heavy atom. The average molecular weight is 217 g/mol. The van der Waals surface area contributed by atoms with Crippen LogP contribution in [-0.2, 0) is 13.0 Å². The second kappa shape index (κ2) is 5.01. The van der Waals surface area contributed by atoms with E-state index in [4.69, 9.17) is 0 Å². The van der Waals surface area contributed by atoms with Crippen LogP contribution in [0.25, 0.3) is 0 Å². The predicted molar refractivity (Wildman–Crippen MR) is 69.8 cm³/mol. The van der Waals surface area contributed by atoms with E-state index >= 15 is 0 Å². The van der Waals surface area contributed by atoms with E-state index in [0.29, 0.717) is 5.92 Å². The molecule has 0 saturated heterocycles. The van der Waals surface area contributed by atoms with Crippen LogP contribution in [0.4, 0.5) is 0 Å². The summed E-state index contributed by atoms with van der Waals surface area (Å²) in [6, 6.07) is 6.84. The maximum Gasteiger partial charge on any atom is 0.0239 e. The molecule has 0 radical (unpaired) electrons. The summed E-state index contributed by atoms with van der Waals surface area (Å²) in [4.78, 5) is 2.59. The molecule has 0 bridgehead atoms. The van der Waals surface area contributed by atoms with E-state index in [0.717, 1.165) is 6.54 Å². The molecule has 0 aliphatic carbocycles. The van der Waals surface area contributed by atoms with E-state index in [1.807, 2.05) is 0 Å². The first-order chi connectivity index (χ1) is 7.72. The molecule has 88 valence electrons. The molecular weight excluding hydrogens is 194 g/mol. The van der Waals surface area contributed by atoms with Crippen molar-refractivity contribution in [1.82, 2.24) is 4.90 Å². The Kier molecular flexibility index (Phi) is 3.65. The normalized spacial score (nSPS) is 16.5. The molecule has 0 amide bonds. The second-order valence-corrected chi connectivity index (χ2v) is 5.17. The van der Waals surface area contributed by atoms with Gasteiger partial charge in [0.05, 0.1) is 0 Å². The number of hydrogen-bond acceptors (Lipinski definition) is 1. The van der Waals surface area contributed by atoms with Crippen molar-refractivity contribution in [2.45, 2.75) is 46.1 Å². The summed E-state index contributed by atoms with van der Waals surface area (Å²) in [5, 5.41) is 0. The van der Waals surface area contributed by atoms with Gasteiger partial charge in [-0.3, -0.25) is 4.90 Å². The Morgan fingerprint density at radius 1 is 1.31 bits per heavy atom. The summed E-state index contributed by atoms with van der Waals surface area (Å²) in [5.41, 5.74) is 4.74. The van der Waals surface area contributed by atoms with Crippen molar-refractivity contribution >= 4 is 0 Å².